The highest BCUT2D eigenvalue weighted by molar-refractivity contribution is 9.10. The monoisotopic (exact) mass is 413 g/mol. The van der Waals surface area contributed by atoms with Crippen LogP contribution in [0.5, 0.6) is 11.5 Å². The third-order valence-corrected chi connectivity index (χ3v) is 4.87. The van der Waals surface area contributed by atoms with Crippen LogP contribution >= 0.6 is 27.5 Å². The number of nitrogens with one attached hydrogen (secondary N) is 1. The molecule has 0 aliphatic heterocycles. The maximum absolute atomic E-state index is 10.2. The van der Waals surface area contributed by atoms with Crippen molar-refractivity contribution in [3.8, 4) is 11.5 Å². The molecule has 0 heterocycles. The lowest BCUT2D eigenvalue weighted by Gasteiger charge is -2.15. The fourth-order valence-electron chi connectivity index (χ4n) is 2.44. The van der Waals surface area contributed by atoms with Crippen molar-refractivity contribution in [3.63, 3.8) is 0 Å². The fourth-order valence-corrected chi connectivity index (χ4v) is 3.32. The van der Waals surface area contributed by atoms with Crippen molar-refractivity contribution in [2.24, 2.45) is 0 Å². The molecule has 2 aromatic carbocycles. The SMILES string of the molecule is COc1ccc(CCNCC(O)c2ccccc2Br)c(Cl)c1OC. The molecule has 1 unspecified atom stereocenters. The van der Waals surface area contributed by atoms with E-state index in [9.17, 15) is 5.11 Å². The van der Waals surface area contributed by atoms with Gasteiger partial charge >= 0.3 is 0 Å². The predicted octanol–water partition coefficient (Wildman–Crippen LogP) is 3.99. The summed E-state index contributed by atoms with van der Waals surface area (Å²) in [6.07, 6.45) is 0.156. The van der Waals surface area contributed by atoms with Gasteiger partial charge < -0.3 is 19.9 Å². The molecule has 0 aliphatic carbocycles. The van der Waals surface area contributed by atoms with E-state index in [4.69, 9.17) is 21.1 Å². The molecule has 6 heteroatoms. The van der Waals surface area contributed by atoms with Crippen LogP contribution < -0.4 is 14.8 Å². The number of benzene rings is 2. The van der Waals surface area contributed by atoms with Crippen molar-refractivity contribution < 1.29 is 14.6 Å². The van der Waals surface area contributed by atoms with E-state index in [1.54, 1.807) is 14.2 Å². The highest BCUT2D eigenvalue weighted by atomic mass is 79.9. The van der Waals surface area contributed by atoms with E-state index in [1.165, 1.54) is 0 Å². The average molecular weight is 415 g/mol. The van der Waals surface area contributed by atoms with Gasteiger partial charge in [0.15, 0.2) is 11.5 Å². The molecule has 4 nitrogen and oxygen atoms in total. The molecule has 0 spiro atoms. The fraction of sp³-hybridized carbons (Fsp3) is 0.333. The van der Waals surface area contributed by atoms with E-state index in [0.29, 0.717) is 29.6 Å². The Balaban J connectivity index is 1.90. The predicted molar refractivity (Wildman–Crippen MR) is 100 cm³/mol. The van der Waals surface area contributed by atoms with Gasteiger partial charge in [-0.25, -0.2) is 0 Å². The van der Waals surface area contributed by atoms with E-state index in [0.717, 1.165) is 22.0 Å². The summed E-state index contributed by atoms with van der Waals surface area (Å²) < 4.78 is 11.4. The number of hydrogen-bond donors (Lipinski definition) is 2. The summed E-state index contributed by atoms with van der Waals surface area (Å²) in [6, 6.07) is 11.4. The lowest BCUT2D eigenvalue weighted by atomic mass is 10.1. The van der Waals surface area contributed by atoms with Gasteiger partial charge in [-0.05, 0) is 36.2 Å². The lowest BCUT2D eigenvalue weighted by molar-refractivity contribution is 0.174. The minimum absolute atomic E-state index is 0.466. The maximum atomic E-state index is 10.2. The number of rotatable bonds is 8. The van der Waals surface area contributed by atoms with Gasteiger partial charge in [0.25, 0.3) is 0 Å². The summed E-state index contributed by atoms with van der Waals surface area (Å²) in [5.74, 6) is 1.16. The molecule has 0 aliphatic rings. The zero-order chi connectivity index (χ0) is 17.5. The second-order valence-corrected chi connectivity index (χ2v) is 6.50. The first kappa shape index (κ1) is 19.1. The second kappa shape index (κ2) is 9.28. The molecule has 0 fully saturated rings. The largest absolute Gasteiger partial charge is 0.493 e. The Bertz CT molecular complexity index is 681. The van der Waals surface area contributed by atoms with Crippen LogP contribution in [0.4, 0.5) is 0 Å². The standard InChI is InChI=1S/C18H21BrClNO3/c1-23-16-8-7-12(17(20)18(16)24-2)9-10-21-11-15(22)13-5-3-4-6-14(13)19/h3-8,15,21-22H,9-11H2,1-2H3. The van der Waals surface area contributed by atoms with Gasteiger partial charge in [-0.1, -0.05) is 51.8 Å². The van der Waals surface area contributed by atoms with Crippen LogP contribution in [0.2, 0.25) is 5.02 Å². The van der Waals surface area contributed by atoms with Crippen molar-refractivity contribution in [2.45, 2.75) is 12.5 Å². The first-order valence-corrected chi connectivity index (χ1v) is 8.78. The molecule has 2 aromatic rings. The summed E-state index contributed by atoms with van der Waals surface area (Å²) >= 11 is 9.81. The topological polar surface area (TPSA) is 50.7 Å². The number of hydrogen-bond acceptors (Lipinski definition) is 4. The van der Waals surface area contributed by atoms with Crippen LogP contribution in [-0.2, 0) is 6.42 Å². The molecule has 0 aromatic heterocycles. The number of aliphatic hydroxyl groups is 1. The molecule has 1 atom stereocenters. The third-order valence-electron chi connectivity index (χ3n) is 3.74. The average Bonchev–Trinajstić information content (AvgIpc) is 2.59. The Kier molecular flexibility index (Phi) is 7.37. The summed E-state index contributed by atoms with van der Waals surface area (Å²) in [6.45, 7) is 1.16. The van der Waals surface area contributed by atoms with Crippen LogP contribution in [0.1, 0.15) is 17.2 Å². The van der Waals surface area contributed by atoms with Crippen LogP contribution in [0, 0.1) is 0 Å². The van der Waals surface area contributed by atoms with Gasteiger partial charge in [0, 0.05) is 11.0 Å². The van der Waals surface area contributed by atoms with Gasteiger partial charge in [-0.2, -0.15) is 0 Å². The van der Waals surface area contributed by atoms with Crippen molar-refractivity contribution in [1.82, 2.24) is 5.32 Å². The molecular formula is C18H21BrClNO3. The van der Waals surface area contributed by atoms with Gasteiger partial charge in [-0.3, -0.25) is 0 Å². The molecule has 24 heavy (non-hydrogen) atoms. The minimum Gasteiger partial charge on any atom is -0.493 e. The summed E-state index contributed by atoms with van der Waals surface area (Å²) in [4.78, 5) is 0. The molecule has 2 rings (SSSR count). The first-order chi connectivity index (χ1) is 11.6. The molecule has 0 radical (unpaired) electrons. The number of halogens is 2. The zero-order valence-corrected chi connectivity index (χ0v) is 16.0. The van der Waals surface area contributed by atoms with Crippen molar-refractivity contribution in [2.75, 3.05) is 27.3 Å². The highest BCUT2D eigenvalue weighted by Crippen LogP contribution is 2.37. The zero-order valence-electron chi connectivity index (χ0n) is 13.7. The Morgan fingerprint density at radius 2 is 1.92 bits per heavy atom. The van der Waals surface area contributed by atoms with Crippen LogP contribution in [0.25, 0.3) is 0 Å². The van der Waals surface area contributed by atoms with E-state index in [1.807, 2.05) is 36.4 Å². The van der Waals surface area contributed by atoms with E-state index in [-0.39, 0.29) is 0 Å². The Morgan fingerprint density at radius 3 is 2.58 bits per heavy atom. The Hall–Kier alpha value is -1.27. The molecule has 0 bridgehead atoms. The highest BCUT2D eigenvalue weighted by Gasteiger charge is 2.13. The van der Waals surface area contributed by atoms with Crippen LogP contribution in [0.3, 0.4) is 0 Å². The van der Waals surface area contributed by atoms with Crippen LogP contribution in [-0.4, -0.2) is 32.4 Å². The van der Waals surface area contributed by atoms with Crippen molar-refractivity contribution in [3.05, 3.63) is 57.0 Å². The first-order valence-electron chi connectivity index (χ1n) is 7.61. The number of aliphatic hydroxyl groups excluding tert-OH is 1. The van der Waals surface area contributed by atoms with Gasteiger partial charge in [0.1, 0.15) is 0 Å². The minimum atomic E-state index is -0.568. The Labute approximate surface area is 155 Å². The second-order valence-electron chi connectivity index (χ2n) is 5.27. The smallest absolute Gasteiger partial charge is 0.179 e. The summed E-state index contributed by atoms with van der Waals surface area (Å²) in [5.41, 5.74) is 1.84. The molecule has 0 saturated heterocycles. The lowest BCUT2D eigenvalue weighted by Crippen LogP contribution is -2.24. The van der Waals surface area contributed by atoms with Gasteiger partial charge in [0.2, 0.25) is 0 Å². The third kappa shape index (κ3) is 4.63. The molecule has 2 N–H and O–H groups in total. The van der Waals surface area contributed by atoms with Crippen molar-refractivity contribution >= 4 is 27.5 Å². The summed E-state index contributed by atoms with van der Waals surface area (Å²) in [5, 5.41) is 14.1. The molecule has 130 valence electrons. The van der Waals surface area contributed by atoms with E-state index >= 15 is 0 Å². The van der Waals surface area contributed by atoms with Gasteiger partial charge in [-0.15, -0.1) is 0 Å². The van der Waals surface area contributed by atoms with E-state index < -0.39 is 6.10 Å². The maximum Gasteiger partial charge on any atom is 0.179 e. The summed E-state index contributed by atoms with van der Waals surface area (Å²) in [7, 11) is 3.15. The number of ether oxygens (including phenoxy) is 2. The Morgan fingerprint density at radius 1 is 1.17 bits per heavy atom. The number of methoxy groups -OCH3 is 2. The molecular weight excluding hydrogens is 394 g/mol. The van der Waals surface area contributed by atoms with Crippen LogP contribution in [0.15, 0.2) is 40.9 Å². The van der Waals surface area contributed by atoms with Crippen molar-refractivity contribution in [1.29, 1.82) is 0 Å². The molecule has 0 amide bonds. The van der Waals surface area contributed by atoms with Gasteiger partial charge in [0.05, 0.1) is 25.3 Å². The normalized spacial score (nSPS) is 12.0. The van der Waals surface area contributed by atoms with E-state index in [2.05, 4.69) is 21.2 Å². The molecule has 0 saturated carbocycles. The quantitative estimate of drug-likeness (QED) is 0.641.